The third kappa shape index (κ3) is 1.73. The minimum atomic E-state index is -0.340. The van der Waals surface area contributed by atoms with Crippen molar-refractivity contribution in [3.8, 4) is 6.07 Å². The van der Waals surface area contributed by atoms with Crippen LogP contribution in [0.1, 0.15) is 19.8 Å². The summed E-state index contributed by atoms with van der Waals surface area (Å²) in [5.41, 5.74) is 0. The summed E-state index contributed by atoms with van der Waals surface area (Å²) in [5, 5.41) is 10.9. The quantitative estimate of drug-likeness (QED) is 0.601. The summed E-state index contributed by atoms with van der Waals surface area (Å²) in [6.07, 6.45) is 1.98. The van der Waals surface area contributed by atoms with Crippen LogP contribution in [0.4, 0.5) is 0 Å². The first-order valence-electron chi connectivity index (χ1n) is 3.44. The Kier molecular flexibility index (Phi) is 1.91. The van der Waals surface area contributed by atoms with Gasteiger partial charge in [0.05, 0.1) is 6.07 Å². The summed E-state index contributed by atoms with van der Waals surface area (Å²) in [6, 6.07) is 1.61. The van der Waals surface area contributed by atoms with Gasteiger partial charge in [-0.2, -0.15) is 5.26 Å². The molecule has 0 aromatic heterocycles. The first-order valence-corrected chi connectivity index (χ1v) is 3.44. The Bertz CT molecular complexity index is 179. The Hall–Kier alpha value is -1.04. The Balaban J connectivity index is 2.24. The summed E-state index contributed by atoms with van der Waals surface area (Å²) in [5.74, 6) is 0.241. The van der Waals surface area contributed by atoms with Gasteiger partial charge >= 0.3 is 0 Å². The van der Waals surface area contributed by atoms with Crippen molar-refractivity contribution in [2.24, 2.45) is 5.92 Å². The first kappa shape index (κ1) is 7.07. The molecule has 1 saturated carbocycles. The number of nitriles is 1. The molecule has 0 saturated heterocycles. The monoisotopic (exact) mass is 138 g/mol. The lowest BCUT2D eigenvalue weighted by molar-refractivity contribution is -0.122. The minimum absolute atomic E-state index is 0.0362. The fraction of sp³-hybridized carbons (Fsp3) is 0.714. The van der Waals surface area contributed by atoms with Crippen molar-refractivity contribution in [1.29, 1.82) is 5.26 Å². The summed E-state index contributed by atoms with van der Waals surface area (Å²) < 4.78 is 0. The van der Waals surface area contributed by atoms with Crippen LogP contribution in [-0.2, 0) is 4.79 Å². The van der Waals surface area contributed by atoms with E-state index in [1.54, 1.807) is 6.92 Å². The van der Waals surface area contributed by atoms with Crippen molar-refractivity contribution in [3.63, 3.8) is 0 Å². The second kappa shape index (κ2) is 2.70. The zero-order valence-electron chi connectivity index (χ0n) is 5.92. The van der Waals surface area contributed by atoms with E-state index < -0.39 is 0 Å². The molecule has 10 heavy (non-hydrogen) atoms. The van der Waals surface area contributed by atoms with E-state index in [-0.39, 0.29) is 17.9 Å². The molecule has 0 aromatic rings. The molecule has 1 aliphatic carbocycles. The van der Waals surface area contributed by atoms with Gasteiger partial charge in [-0.15, -0.1) is 0 Å². The maximum atomic E-state index is 10.9. The van der Waals surface area contributed by atoms with Gasteiger partial charge in [-0.25, -0.2) is 0 Å². The Labute approximate surface area is 60.0 Å². The number of carbonyl (C=O) groups excluding carboxylic acids is 1. The highest BCUT2D eigenvalue weighted by Crippen LogP contribution is 2.28. The molecule has 0 bridgehead atoms. The van der Waals surface area contributed by atoms with Crippen molar-refractivity contribution in [3.05, 3.63) is 0 Å². The number of nitrogens with one attached hydrogen (secondary N) is 1. The third-order valence-corrected chi connectivity index (χ3v) is 1.50. The summed E-state index contributed by atoms with van der Waals surface area (Å²) in [7, 11) is 0. The van der Waals surface area contributed by atoms with Crippen LogP contribution < -0.4 is 5.32 Å². The highest BCUT2D eigenvalue weighted by molar-refractivity contribution is 5.81. The van der Waals surface area contributed by atoms with Crippen LogP contribution in [0, 0.1) is 17.2 Å². The van der Waals surface area contributed by atoms with Crippen LogP contribution in [-0.4, -0.2) is 11.9 Å². The number of carbonyl (C=O) groups is 1. The van der Waals surface area contributed by atoms with E-state index in [9.17, 15) is 4.79 Å². The fourth-order valence-corrected chi connectivity index (χ4v) is 0.709. The SMILES string of the molecule is CC(C#N)NC(=O)C1CC1. The standard InChI is InChI=1S/C7H10N2O/c1-5(4-8)9-7(10)6-2-3-6/h5-6H,2-3H2,1H3,(H,9,10). The molecular formula is C7H10N2O. The molecule has 0 radical (unpaired) electrons. The molecule has 1 N–H and O–H groups in total. The van der Waals surface area contributed by atoms with Gasteiger partial charge in [0.1, 0.15) is 6.04 Å². The Morgan fingerprint density at radius 2 is 2.40 bits per heavy atom. The molecule has 1 atom stereocenters. The summed E-state index contributed by atoms with van der Waals surface area (Å²) in [6.45, 7) is 1.68. The van der Waals surface area contributed by atoms with Crippen LogP contribution in [0.3, 0.4) is 0 Å². The number of amides is 1. The molecular weight excluding hydrogens is 128 g/mol. The predicted octanol–water partition coefficient (Wildman–Crippen LogP) is 0.425. The van der Waals surface area contributed by atoms with E-state index in [0.29, 0.717) is 0 Å². The second-order valence-corrected chi connectivity index (χ2v) is 2.63. The van der Waals surface area contributed by atoms with Gasteiger partial charge in [0, 0.05) is 5.92 Å². The molecule has 0 spiro atoms. The van der Waals surface area contributed by atoms with Crippen molar-refractivity contribution in [2.75, 3.05) is 0 Å². The molecule has 0 aromatic carbocycles. The van der Waals surface area contributed by atoms with E-state index >= 15 is 0 Å². The minimum Gasteiger partial charge on any atom is -0.340 e. The molecule has 3 heteroatoms. The number of rotatable bonds is 2. The largest absolute Gasteiger partial charge is 0.340 e. The molecule has 0 aliphatic heterocycles. The number of hydrogen-bond acceptors (Lipinski definition) is 2. The maximum absolute atomic E-state index is 10.9. The first-order chi connectivity index (χ1) is 4.74. The highest BCUT2D eigenvalue weighted by atomic mass is 16.2. The lowest BCUT2D eigenvalue weighted by Crippen LogP contribution is -2.32. The van der Waals surface area contributed by atoms with Crippen LogP contribution in [0.15, 0.2) is 0 Å². The average molecular weight is 138 g/mol. The molecule has 1 amide bonds. The normalized spacial score (nSPS) is 19.2. The molecule has 1 unspecified atom stereocenters. The summed E-state index contributed by atoms with van der Waals surface area (Å²) >= 11 is 0. The highest BCUT2D eigenvalue weighted by Gasteiger charge is 2.29. The Morgan fingerprint density at radius 3 is 2.80 bits per heavy atom. The predicted molar refractivity (Wildman–Crippen MR) is 35.9 cm³/mol. The van der Waals surface area contributed by atoms with Crippen LogP contribution in [0.2, 0.25) is 0 Å². The molecule has 1 fully saturated rings. The second-order valence-electron chi connectivity index (χ2n) is 2.63. The molecule has 1 aliphatic rings. The maximum Gasteiger partial charge on any atom is 0.224 e. The third-order valence-electron chi connectivity index (χ3n) is 1.50. The van der Waals surface area contributed by atoms with E-state index in [4.69, 9.17) is 5.26 Å². The lowest BCUT2D eigenvalue weighted by atomic mass is 10.3. The van der Waals surface area contributed by atoms with Gasteiger partial charge in [-0.05, 0) is 19.8 Å². The van der Waals surface area contributed by atoms with Gasteiger partial charge in [0.2, 0.25) is 5.91 Å². The smallest absolute Gasteiger partial charge is 0.224 e. The lowest BCUT2D eigenvalue weighted by Gasteiger charge is -2.03. The van der Waals surface area contributed by atoms with Gasteiger partial charge in [0.15, 0.2) is 0 Å². The fourth-order valence-electron chi connectivity index (χ4n) is 0.709. The summed E-state index contributed by atoms with van der Waals surface area (Å²) in [4.78, 5) is 10.9. The van der Waals surface area contributed by atoms with Crippen LogP contribution >= 0.6 is 0 Å². The van der Waals surface area contributed by atoms with Gasteiger partial charge < -0.3 is 5.32 Å². The van der Waals surface area contributed by atoms with Crippen molar-refractivity contribution < 1.29 is 4.79 Å². The molecule has 3 nitrogen and oxygen atoms in total. The van der Waals surface area contributed by atoms with Gasteiger partial charge in [0.25, 0.3) is 0 Å². The molecule has 54 valence electrons. The average Bonchev–Trinajstić information content (AvgIpc) is 2.68. The van der Waals surface area contributed by atoms with Crippen LogP contribution in [0.25, 0.3) is 0 Å². The zero-order valence-corrected chi connectivity index (χ0v) is 5.92. The molecule has 1 rings (SSSR count). The van der Waals surface area contributed by atoms with E-state index in [0.717, 1.165) is 12.8 Å². The van der Waals surface area contributed by atoms with Crippen LogP contribution in [0.5, 0.6) is 0 Å². The van der Waals surface area contributed by atoms with Crippen molar-refractivity contribution in [1.82, 2.24) is 5.32 Å². The number of hydrogen-bond donors (Lipinski definition) is 1. The van der Waals surface area contributed by atoms with Crippen molar-refractivity contribution in [2.45, 2.75) is 25.8 Å². The Morgan fingerprint density at radius 1 is 1.80 bits per heavy atom. The van der Waals surface area contributed by atoms with Crippen molar-refractivity contribution >= 4 is 5.91 Å². The van der Waals surface area contributed by atoms with Gasteiger partial charge in [-0.3, -0.25) is 4.79 Å². The number of nitrogens with zero attached hydrogens (tertiary/aromatic N) is 1. The van der Waals surface area contributed by atoms with Gasteiger partial charge in [-0.1, -0.05) is 0 Å². The molecule has 0 heterocycles. The van der Waals surface area contributed by atoms with E-state index in [1.807, 2.05) is 6.07 Å². The topological polar surface area (TPSA) is 52.9 Å². The van der Waals surface area contributed by atoms with E-state index in [1.165, 1.54) is 0 Å². The zero-order chi connectivity index (χ0) is 7.56. The van der Waals surface area contributed by atoms with E-state index in [2.05, 4.69) is 5.32 Å².